The van der Waals surface area contributed by atoms with Gasteiger partial charge in [-0.2, -0.15) is 0 Å². The summed E-state index contributed by atoms with van der Waals surface area (Å²) in [6, 6.07) is 0. The third-order valence-electron chi connectivity index (χ3n) is 1.88. The van der Waals surface area contributed by atoms with Crippen molar-refractivity contribution < 1.29 is 4.79 Å². The molecule has 0 saturated heterocycles. The van der Waals surface area contributed by atoms with Crippen molar-refractivity contribution in [2.75, 3.05) is 13.1 Å². The van der Waals surface area contributed by atoms with Crippen LogP contribution in [0.25, 0.3) is 0 Å². The zero-order valence-electron chi connectivity index (χ0n) is 6.55. The number of nitrogens with zero attached hydrogens (tertiary/aromatic N) is 1. The summed E-state index contributed by atoms with van der Waals surface area (Å²) in [5.41, 5.74) is 1.40. The van der Waals surface area contributed by atoms with E-state index in [1.165, 1.54) is 5.47 Å². The Labute approximate surface area is 62.3 Å². The van der Waals surface area contributed by atoms with Gasteiger partial charge in [-0.05, 0) is 6.42 Å². The molecule has 0 saturated carbocycles. The lowest BCUT2D eigenvalue weighted by atomic mass is 9.90. The van der Waals surface area contributed by atoms with Crippen LogP contribution in [-0.2, 0) is 4.79 Å². The molecule has 0 N–H and O–H groups in total. The summed E-state index contributed by atoms with van der Waals surface area (Å²) in [5.74, 6) is 0.184. The van der Waals surface area contributed by atoms with Gasteiger partial charge in [-0.3, -0.25) is 4.79 Å². The van der Waals surface area contributed by atoms with Crippen LogP contribution in [0.2, 0.25) is 0 Å². The zero-order valence-corrected chi connectivity index (χ0v) is 6.55. The minimum Gasteiger partial charge on any atom is -0.339 e. The predicted octanol–water partition coefficient (Wildman–Crippen LogP) is -0.244. The predicted molar refractivity (Wildman–Crippen MR) is 43.5 cm³/mol. The fourth-order valence-electron chi connectivity index (χ4n) is 1.06. The van der Waals surface area contributed by atoms with Crippen LogP contribution in [0, 0.1) is 0 Å². The summed E-state index contributed by atoms with van der Waals surface area (Å²) in [6.07, 6.45) is 3.16. The van der Waals surface area contributed by atoms with Crippen LogP contribution < -0.4 is 0 Å². The van der Waals surface area contributed by atoms with E-state index in [1.807, 2.05) is 4.90 Å². The van der Waals surface area contributed by atoms with Crippen LogP contribution in [0.15, 0.2) is 11.5 Å². The molecule has 0 aromatic heterocycles. The molecule has 1 amide bonds. The Hall–Kier alpha value is -0.725. The highest BCUT2D eigenvalue weighted by atomic mass is 16.2. The molecule has 1 heterocycles. The Balaban J connectivity index is 2.50. The van der Waals surface area contributed by atoms with Crippen molar-refractivity contribution in [3.63, 3.8) is 0 Å². The normalized spacial score (nSPS) is 18.5. The summed E-state index contributed by atoms with van der Waals surface area (Å²) in [7, 11) is 2.11. The van der Waals surface area contributed by atoms with E-state index >= 15 is 0 Å². The SMILES string of the molecule is BC1=CCN(C(C)=O)CC1. The summed E-state index contributed by atoms with van der Waals surface area (Å²) in [6.45, 7) is 3.33. The van der Waals surface area contributed by atoms with Crippen molar-refractivity contribution in [3.8, 4) is 0 Å². The lowest BCUT2D eigenvalue weighted by Crippen LogP contribution is -2.32. The van der Waals surface area contributed by atoms with E-state index in [-0.39, 0.29) is 5.91 Å². The van der Waals surface area contributed by atoms with Gasteiger partial charge >= 0.3 is 0 Å². The number of hydrogen-bond donors (Lipinski definition) is 0. The fourth-order valence-corrected chi connectivity index (χ4v) is 1.06. The van der Waals surface area contributed by atoms with Crippen molar-refractivity contribution >= 4 is 13.8 Å². The van der Waals surface area contributed by atoms with Crippen molar-refractivity contribution in [1.29, 1.82) is 0 Å². The van der Waals surface area contributed by atoms with E-state index in [4.69, 9.17) is 0 Å². The van der Waals surface area contributed by atoms with Gasteiger partial charge in [0.05, 0.1) is 0 Å². The van der Waals surface area contributed by atoms with Gasteiger partial charge in [-0.15, -0.1) is 5.47 Å². The molecule has 0 aromatic rings. The van der Waals surface area contributed by atoms with Crippen molar-refractivity contribution in [2.45, 2.75) is 13.3 Å². The summed E-state index contributed by atoms with van der Waals surface area (Å²) in [4.78, 5) is 12.7. The monoisotopic (exact) mass is 137 g/mol. The molecule has 2 nitrogen and oxygen atoms in total. The standard InChI is InChI=1S/C7H12BNO/c1-6(10)9-4-2-7(8)3-5-9/h2H,3-5,8H2,1H3. The number of carbonyl (C=O) groups is 1. The van der Waals surface area contributed by atoms with Crippen molar-refractivity contribution in [3.05, 3.63) is 11.5 Å². The lowest BCUT2D eigenvalue weighted by Gasteiger charge is -2.23. The third kappa shape index (κ3) is 1.63. The summed E-state index contributed by atoms with van der Waals surface area (Å²) < 4.78 is 0. The second-order valence-electron chi connectivity index (χ2n) is 2.77. The molecule has 0 fully saturated rings. The first-order valence-corrected chi connectivity index (χ1v) is 3.61. The maximum absolute atomic E-state index is 10.8. The van der Waals surface area contributed by atoms with Crippen LogP contribution >= 0.6 is 0 Å². The second kappa shape index (κ2) is 2.91. The minimum atomic E-state index is 0.184. The van der Waals surface area contributed by atoms with Crippen LogP contribution in [0.4, 0.5) is 0 Å². The highest BCUT2D eigenvalue weighted by molar-refractivity contribution is 6.21. The Bertz CT molecular complexity index is 176. The minimum absolute atomic E-state index is 0.184. The van der Waals surface area contributed by atoms with Crippen molar-refractivity contribution in [1.82, 2.24) is 4.90 Å². The Morgan fingerprint density at radius 1 is 1.80 bits per heavy atom. The molecule has 1 rings (SSSR count). The topological polar surface area (TPSA) is 20.3 Å². The van der Waals surface area contributed by atoms with E-state index in [9.17, 15) is 4.79 Å². The molecule has 0 spiro atoms. The highest BCUT2D eigenvalue weighted by Gasteiger charge is 2.10. The van der Waals surface area contributed by atoms with E-state index in [0.29, 0.717) is 0 Å². The molecular formula is C7H12BNO. The maximum atomic E-state index is 10.8. The number of rotatable bonds is 0. The highest BCUT2D eigenvalue weighted by Crippen LogP contribution is 2.06. The van der Waals surface area contributed by atoms with Gasteiger partial charge < -0.3 is 4.90 Å². The van der Waals surface area contributed by atoms with Gasteiger partial charge in [0.2, 0.25) is 5.91 Å². The number of carbonyl (C=O) groups excluding carboxylic acids is 1. The Morgan fingerprint density at radius 2 is 2.50 bits per heavy atom. The average molecular weight is 137 g/mol. The first-order chi connectivity index (χ1) is 4.70. The van der Waals surface area contributed by atoms with E-state index < -0.39 is 0 Å². The summed E-state index contributed by atoms with van der Waals surface area (Å²) >= 11 is 0. The maximum Gasteiger partial charge on any atom is 0.219 e. The molecule has 0 unspecified atom stereocenters. The van der Waals surface area contributed by atoms with Crippen LogP contribution in [0.5, 0.6) is 0 Å². The third-order valence-corrected chi connectivity index (χ3v) is 1.88. The molecule has 10 heavy (non-hydrogen) atoms. The largest absolute Gasteiger partial charge is 0.339 e. The average Bonchev–Trinajstić information content (AvgIpc) is 1.88. The number of hydrogen-bond acceptors (Lipinski definition) is 1. The molecule has 0 aromatic carbocycles. The van der Waals surface area contributed by atoms with Gasteiger partial charge in [0.1, 0.15) is 7.85 Å². The smallest absolute Gasteiger partial charge is 0.219 e. The Morgan fingerprint density at radius 3 is 2.90 bits per heavy atom. The lowest BCUT2D eigenvalue weighted by molar-refractivity contribution is -0.128. The Kier molecular flexibility index (Phi) is 2.15. The van der Waals surface area contributed by atoms with Gasteiger partial charge in [0.25, 0.3) is 0 Å². The van der Waals surface area contributed by atoms with Crippen LogP contribution in [-0.4, -0.2) is 31.7 Å². The van der Waals surface area contributed by atoms with E-state index in [0.717, 1.165) is 19.5 Å². The first kappa shape index (κ1) is 7.38. The molecule has 54 valence electrons. The van der Waals surface area contributed by atoms with E-state index in [2.05, 4.69) is 13.9 Å². The number of amides is 1. The van der Waals surface area contributed by atoms with Gasteiger partial charge in [0, 0.05) is 20.0 Å². The molecule has 3 heteroatoms. The zero-order chi connectivity index (χ0) is 7.56. The molecular weight excluding hydrogens is 125 g/mol. The molecule has 1 aliphatic heterocycles. The molecule has 0 radical (unpaired) electrons. The van der Waals surface area contributed by atoms with Crippen molar-refractivity contribution in [2.24, 2.45) is 0 Å². The van der Waals surface area contributed by atoms with E-state index in [1.54, 1.807) is 6.92 Å². The van der Waals surface area contributed by atoms with Gasteiger partial charge in [-0.1, -0.05) is 6.08 Å². The molecule has 0 bridgehead atoms. The molecule has 0 aliphatic carbocycles. The quantitative estimate of drug-likeness (QED) is 0.422. The van der Waals surface area contributed by atoms with Crippen LogP contribution in [0.1, 0.15) is 13.3 Å². The molecule has 0 atom stereocenters. The first-order valence-electron chi connectivity index (χ1n) is 3.61. The summed E-state index contributed by atoms with van der Waals surface area (Å²) in [5, 5.41) is 0. The molecule has 1 aliphatic rings. The van der Waals surface area contributed by atoms with Crippen LogP contribution in [0.3, 0.4) is 0 Å². The van der Waals surface area contributed by atoms with Gasteiger partial charge in [0.15, 0.2) is 0 Å². The second-order valence-corrected chi connectivity index (χ2v) is 2.77. The van der Waals surface area contributed by atoms with Gasteiger partial charge in [-0.25, -0.2) is 0 Å². The fraction of sp³-hybridized carbons (Fsp3) is 0.571.